The number of hydrogen-bond acceptors (Lipinski definition) is 7. The highest BCUT2D eigenvalue weighted by atomic mass is 19.1. The van der Waals surface area contributed by atoms with Crippen molar-refractivity contribution in [1.82, 2.24) is 10.1 Å². The van der Waals surface area contributed by atoms with Crippen molar-refractivity contribution in [1.29, 1.82) is 0 Å². The van der Waals surface area contributed by atoms with E-state index in [0.717, 1.165) is 0 Å². The van der Waals surface area contributed by atoms with Crippen molar-refractivity contribution in [3.05, 3.63) is 54.2 Å². The number of fused-ring (bicyclic) bond motifs is 1. The van der Waals surface area contributed by atoms with Crippen LogP contribution < -0.4 is 14.2 Å². The van der Waals surface area contributed by atoms with Crippen LogP contribution in [0.5, 0.6) is 17.2 Å². The van der Waals surface area contributed by atoms with Gasteiger partial charge in [0.15, 0.2) is 23.1 Å². The van der Waals surface area contributed by atoms with Crippen LogP contribution in [0.15, 0.2) is 47.0 Å². The van der Waals surface area contributed by atoms with Crippen LogP contribution >= 0.6 is 0 Å². The highest BCUT2D eigenvalue weighted by molar-refractivity contribution is 5.56. The molecular formula is C20H19FN2O5. The molecule has 0 saturated heterocycles. The SMILES string of the molecule is COCCOc1ccc(-c2noc(C3(C)COc4ccccc4O3)n2)cc1F. The topological polar surface area (TPSA) is 75.8 Å². The maximum absolute atomic E-state index is 14.3. The lowest BCUT2D eigenvalue weighted by Gasteiger charge is -2.32. The second kappa shape index (κ2) is 7.47. The molecule has 0 saturated carbocycles. The third-order valence-electron chi connectivity index (χ3n) is 4.30. The molecule has 4 rings (SSSR count). The van der Waals surface area contributed by atoms with Gasteiger partial charge in [0.25, 0.3) is 5.89 Å². The van der Waals surface area contributed by atoms with Crippen LogP contribution in [0.2, 0.25) is 0 Å². The van der Waals surface area contributed by atoms with Gasteiger partial charge in [0.1, 0.15) is 13.2 Å². The normalized spacial score (nSPS) is 18.1. The Morgan fingerprint density at radius 3 is 2.75 bits per heavy atom. The van der Waals surface area contributed by atoms with Gasteiger partial charge < -0.3 is 23.5 Å². The molecule has 1 aromatic heterocycles. The zero-order valence-corrected chi connectivity index (χ0v) is 15.5. The Morgan fingerprint density at radius 2 is 1.96 bits per heavy atom. The Labute approximate surface area is 161 Å². The second-order valence-electron chi connectivity index (χ2n) is 6.48. The Morgan fingerprint density at radius 1 is 1.14 bits per heavy atom. The van der Waals surface area contributed by atoms with Crippen LogP contribution in [0.1, 0.15) is 12.8 Å². The van der Waals surface area contributed by atoms with E-state index in [-0.39, 0.29) is 30.7 Å². The van der Waals surface area contributed by atoms with Crippen molar-refractivity contribution >= 4 is 0 Å². The highest BCUT2D eigenvalue weighted by Gasteiger charge is 2.40. The molecule has 0 aliphatic carbocycles. The fraction of sp³-hybridized carbons (Fsp3) is 0.300. The van der Waals surface area contributed by atoms with Crippen molar-refractivity contribution in [2.24, 2.45) is 0 Å². The van der Waals surface area contributed by atoms with Gasteiger partial charge in [-0.25, -0.2) is 4.39 Å². The van der Waals surface area contributed by atoms with Gasteiger partial charge in [0, 0.05) is 12.7 Å². The maximum Gasteiger partial charge on any atom is 0.274 e. The van der Waals surface area contributed by atoms with E-state index in [4.69, 9.17) is 23.5 Å². The molecule has 0 spiro atoms. The monoisotopic (exact) mass is 386 g/mol. The van der Waals surface area contributed by atoms with Gasteiger partial charge >= 0.3 is 0 Å². The fourth-order valence-corrected chi connectivity index (χ4v) is 2.79. The first-order valence-corrected chi connectivity index (χ1v) is 8.76. The molecule has 2 aromatic carbocycles. The molecule has 1 atom stereocenters. The van der Waals surface area contributed by atoms with Gasteiger partial charge in [-0.1, -0.05) is 17.3 Å². The molecule has 1 unspecified atom stereocenters. The third kappa shape index (κ3) is 3.50. The first-order chi connectivity index (χ1) is 13.6. The molecule has 0 bridgehead atoms. The quantitative estimate of drug-likeness (QED) is 0.599. The summed E-state index contributed by atoms with van der Waals surface area (Å²) in [5.74, 6) is 1.37. The summed E-state index contributed by atoms with van der Waals surface area (Å²) in [5.41, 5.74) is -0.478. The van der Waals surface area contributed by atoms with Gasteiger partial charge in [-0.3, -0.25) is 0 Å². The molecule has 0 fully saturated rings. The summed E-state index contributed by atoms with van der Waals surface area (Å²) in [4.78, 5) is 4.38. The van der Waals surface area contributed by atoms with Crippen molar-refractivity contribution in [3.63, 3.8) is 0 Å². The summed E-state index contributed by atoms with van der Waals surface area (Å²) in [6, 6.07) is 11.8. The van der Waals surface area contributed by atoms with Crippen LogP contribution in [0.4, 0.5) is 4.39 Å². The summed E-state index contributed by atoms with van der Waals surface area (Å²) in [7, 11) is 1.55. The molecule has 1 aliphatic rings. The Bertz CT molecular complexity index is 977. The van der Waals surface area contributed by atoms with E-state index >= 15 is 0 Å². The summed E-state index contributed by atoms with van der Waals surface area (Å²) >= 11 is 0. The molecule has 146 valence electrons. The Kier molecular flexibility index (Phi) is 4.87. The number of benzene rings is 2. The smallest absolute Gasteiger partial charge is 0.274 e. The molecule has 2 heterocycles. The van der Waals surface area contributed by atoms with Gasteiger partial charge in [-0.05, 0) is 37.3 Å². The predicted octanol–water partition coefficient (Wildman–Crippen LogP) is 3.59. The number of methoxy groups -OCH3 is 1. The zero-order valence-electron chi connectivity index (χ0n) is 15.5. The van der Waals surface area contributed by atoms with Crippen LogP contribution in [0.25, 0.3) is 11.4 Å². The number of para-hydroxylation sites is 2. The van der Waals surface area contributed by atoms with E-state index in [1.807, 2.05) is 24.3 Å². The van der Waals surface area contributed by atoms with Crippen molar-refractivity contribution in [2.45, 2.75) is 12.5 Å². The Balaban J connectivity index is 1.54. The minimum Gasteiger partial charge on any atom is -0.488 e. The zero-order chi connectivity index (χ0) is 19.6. The predicted molar refractivity (Wildman–Crippen MR) is 97.0 cm³/mol. The average Bonchev–Trinajstić information content (AvgIpc) is 3.20. The van der Waals surface area contributed by atoms with Crippen LogP contribution in [0.3, 0.4) is 0 Å². The number of aromatic nitrogens is 2. The average molecular weight is 386 g/mol. The minimum absolute atomic E-state index is 0.136. The Hall–Kier alpha value is -3.13. The van der Waals surface area contributed by atoms with Gasteiger partial charge in [-0.15, -0.1) is 0 Å². The molecule has 1 aliphatic heterocycles. The molecule has 0 N–H and O–H groups in total. The second-order valence-corrected chi connectivity index (χ2v) is 6.48. The van der Waals surface area contributed by atoms with Gasteiger partial charge in [0.2, 0.25) is 11.4 Å². The van der Waals surface area contributed by atoms with E-state index in [1.54, 1.807) is 20.1 Å². The first kappa shape index (κ1) is 18.2. The molecule has 0 radical (unpaired) electrons. The molecular weight excluding hydrogens is 367 g/mol. The largest absolute Gasteiger partial charge is 0.488 e. The molecule has 3 aromatic rings. The third-order valence-corrected chi connectivity index (χ3v) is 4.30. The molecule has 8 heteroatoms. The lowest BCUT2D eigenvalue weighted by atomic mass is 10.1. The van der Waals surface area contributed by atoms with E-state index in [2.05, 4.69) is 10.1 Å². The van der Waals surface area contributed by atoms with E-state index in [0.29, 0.717) is 23.7 Å². The first-order valence-electron chi connectivity index (χ1n) is 8.76. The van der Waals surface area contributed by atoms with Crippen LogP contribution in [0, 0.1) is 5.82 Å². The summed E-state index contributed by atoms with van der Waals surface area (Å²) in [6.07, 6.45) is 0. The fourth-order valence-electron chi connectivity index (χ4n) is 2.79. The van der Waals surface area contributed by atoms with Crippen molar-refractivity contribution in [2.75, 3.05) is 26.9 Å². The highest BCUT2D eigenvalue weighted by Crippen LogP contribution is 2.39. The molecule has 28 heavy (non-hydrogen) atoms. The summed E-state index contributed by atoms with van der Waals surface area (Å²) in [6.45, 7) is 2.65. The maximum atomic E-state index is 14.3. The van der Waals surface area contributed by atoms with E-state index in [1.165, 1.54) is 12.1 Å². The van der Waals surface area contributed by atoms with Crippen molar-refractivity contribution < 1.29 is 27.9 Å². The standard InChI is InChI=1S/C20H19FN2O5/c1-20(12-26-16-5-3-4-6-17(16)27-20)19-22-18(23-28-19)13-7-8-15(14(21)11-13)25-10-9-24-2/h3-8,11H,9-10,12H2,1-2H3. The van der Waals surface area contributed by atoms with Gasteiger partial charge in [0.05, 0.1) is 6.61 Å². The van der Waals surface area contributed by atoms with Crippen LogP contribution in [-0.4, -0.2) is 37.1 Å². The van der Waals surface area contributed by atoms with Gasteiger partial charge in [-0.2, -0.15) is 4.98 Å². The lowest BCUT2D eigenvalue weighted by molar-refractivity contribution is -0.0213. The van der Waals surface area contributed by atoms with Crippen molar-refractivity contribution in [3.8, 4) is 28.6 Å². The lowest BCUT2D eigenvalue weighted by Crippen LogP contribution is -2.39. The summed E-state index contributed by atoms with van der Waals surface area (Å²) < 4.78 is 41.6. The van der Waals surface area contributed by atoms with E-state index in [9.17, 15) is 4.39 Å². The minimum atomic E-state index is -0.943. The molecule has 0 amide bonds. The van der Waals surface area contributed by atoms with Crippen LogP contribution in [-0.2, 0) is 10.3 Å². The number of hydrogen-bond donors (Lipinski definition) is 0. The number of nitrogens with zero attached hydrogens (tertiary/aromatic N) is 2. The number of halogens is 1. The van der Waals surface area contributed by atoms with E-state index < -0.39 is 11.4 Å². The number of rotatable bonds is 6. The number of ether oxygens (including phenoxy) is 4. The summed E-state index contributed by atoms with van der Waals surface area (Å²) in [5, 5.41) is 3.96. The molecule has 7 nitrogen and oxygen atoms in total.